The molecule has 1 aromatic rings. The van der Waals surface area contributed by atoms with Gasteiger partial charge in [-0.15, -0.1) is 0 Å². The van der Waals surface area contributed by atoms with Crippen LogP contribution < -0.4 is 0 Å². The Balaban J connectivity index is 2.09. The van der Waals surface area contributed by atoms with Gasteiger partial charge in [-0.25, -0.2) is 0 Å². The molecule has 0 radical (unpaired) electrons. The van der Waals surface area contributed by atoms with E-state index in [0.717, 1.165) is 12.8 Å². The van der Waals surface area contributed by atoms with Gasteiger partial charge in [0, 0.05) is 18.8 Å². The zero-order valence-corrected chi connectivity index (χ0v) is 9.22. The van der Waals surface area contributed by atoms with Crippen molar-refractivity contribution in [1.82, 2.24) is 15.1 Å². The molecule has 88 valence electrons. The van der Waals surface area contributed by atoms with Gasteiger partial charge in [0.1, 0.15) is 5.69 Å². The lowest BCUT2D eigenvalue weighted by molar-refractivity contribution is 0.0632. The van der Waals surface area contributed by atoms with Crippen LogP contribution in [0, 0.1) is 0 Å². The van der Waals surface area contributed by atoms with Crippen LogP contribution in [0.4, 0.5) is 0 Å². The zero-order chi connectivity index (χ0) is 11.4. The van der Waals surface area contributed by atoms with E-state index >= 15 is 0 Å². The predicted octanol–water partition coefficient (Wildman–Crippen LogP) is 0.787. The number of hydrogen-bond donors (Lipinski definition) is 2. The van der Waals surface area contributed by atoms with Crippen LogP contribution in [0.15, 0.2) is 12.3 Å². The Kier molecular flexibility index (Phi) is 3.56. The summed E-state index contributed by atoms with van der Waals surface area (Å²) in [7, 11) is 0. The van der Waals surface area contributed by atoms with Crippen molar-refractivity contribution in [1.29, 1.82) is 0 Å². The second-order valence-electron chi connectivity index (χ2n) is 4.13. The standard InChI is InChI=1S/C11H17N3O2/c15-8-7-14(9-3-1-2-4-9)11(16)10-5-6-12-13-10/h5-6,9,15H,1-4,7-8H2,(H,12,13). The number of aliphatic hydroxyl groups excluding tert-OH is 1. The Bertz CT molecular complexity index is 331. The highest BCUT2D eigenvalue weighted by Gasteiger charge is 2.27. The van der Waals surface area contributed by atoms with E-state index in [1.807, 2.05) is 0 Å². The molecule has 16 heavy (non-hydrogen) atoms. The van der Waals surface area contributed by atoms with Gasteiger partial charge >= 0.3 is 0 Å². The first-order chi connectivity index (χ1) is 7.83. The molecule has 5 nitrogen and oxygen atoms in total. The third-order valence-corrected chi connectivity index (χ3v) is 3.10. The maximum Gasteiger partial charge on any atom is 0.272 e. The molecule has 1 aromatic heterocycles. The molecule has 5 heteroatoms. The number of rotatable bonds is 4. The zero-order valence-electron chi connectivity index (χ0n) is 9.22. The lowest BCUT2D eigenvalue weighted by Crippen LogP contribution is -2.40. The van der Waals surface area contributed by atoms with Gasteiger partial charge in [0.15, 0.2) is 0 Å². The average molecular weight is 223 g/mol. The van der Waals surface area contributed by atoms with Crippen molar-refractivity contribution < 1.29 is 9.90 Å². The van der Waals surface area contributed by atoms with Crippen molar-refractivity contribution in [2.24, 2.45) is 0 Å². The van der Waals surface area contributed by atoms with Gasteiger partial charge in [0.25, 0.3) is 5.91 Å². The minimum absolute atomic E-state index is 0.0103. The monoisotopic (exact) mass is 223 g/mol. The van der Waals surface area contributed by atoms with Gasteiger partial charge in [-0.3, -0.25) is 9.89 Å². The molecule has 1 fully saturated rings. The fourth-order valence-corrected chi connectivity index (χ4v) is 2.30. The summed E-state index contributed by atoms with van der Waals surface area (Å²) < 4.78 is 0. The van der Waals surface area contributed by atoms with E-state index in [0.29, 0.717) is 12.2 Å². The summed E-state index contributed by atoms with van der Waals surface area (Å²) in [6, 6.07) is 1.95. The lowest BCUT2D eigenvalue weighted by atomic mass is 10.2. The second-order valence-corrected chi connectivity index (χ2v) is 4.13. The van der Waals surface area contributed by atoms with E-state index in [2.05, 4.69) is 10.2 Å². The summed E-state index contributed by atoms with van der Waals surface area (Å²) in [5.74, 6) is -0.0570. The third kappa shape index (κ3) is 2.24. The van der Waals surface area contributed by atoms with E-state index < -0.39 is 0 Å². The summed E-state index contributed by atoms with van der Waals surface area (Å²) in [5.41, 5.74) is 0.500. The molecule has 0 unspecified atom stereocenters. The van der Waals surface area contributed by atoms with E-state index in [9.17, 15) is 4.79 Å². The number of hydrogen-bond acceptors (Lipinski definition) is 3. The Morgan fingerprint density at radius 3 is 2.88 bits per heavy atom. The molecule has 0 spiro atoms. The van der Waals surface area contributed by atoms with Gasteiger partial charge in [-0.05, 0) is 18.9 Å². The fraction of sp³-hybridized carbons (Fsp3) is 0.636. The van der Waals surface area contributed by atoms with Gasteiger partial charge in [-0.2, -0.15) is 5.10 Å². The molecular weight excluding hydrogens is 206 g/mol. The maximum atomic E-state index is 12.1. The molecule has 0 bridgehead atoms. The summed E-state index contributed by atoms with van der Waals surface area (Å²) in [6.07, 6.45) is 5.99. The molecule has 2 N–H and O–H groups in total. The van der Waals surface area contributed by atoms with E-state index in [-0.39, 0.29) is 18.6 Å². The number of carbonyl (C=O) groups excluding carboxylic acids is 1. The van der Waals surface area contributed by atoms with Crippen LogP contribution in [-0.4, -0.2) is 45.3 Å². The van der Waals surface area contributed by atoms with Crippen LogP contribution in [0.2, 0.25) is 0 Å². The fourth-order valence-electron chi connectivity index (χ4n) is 2.30. The number of amides is 1. The van der Waals surface area contributed by atoms with Crippen molar-refractivity contribution in [2.75, 3.05) is 13.2 Å². The maximum absolute atomic E-state index is 12.1. The van der Waals surface area contributed by atoms with Crippen LogP contribution in [0.25, 0.3) is 0 Å². The Morgan fingerprint density at radius 1 is 1.56 bits per heavy atom. The number of nitrogens with zero attached hydrogens (tertiary/aromatic N) is 2. The van der Waals surface area contributed by atoms with Crippen molar-refractivity contribution in [3.05, 3.63) is 18.0 Å². The smallest absolute Gasteiger partial charge is 0.272 e. The molecule has 0 aliphatic heterocycles. The number of aliphatic hydroxyl groups is 1. The number of aromatic nitrogens is 2. The van der Waals surface area contributed by atoms with Crippen LogP contribution in [-0.2, 0) is 0 Å². The van der Waals surface area contributed by atoms with Gasteiger partial charge in [-0.1, -0.05) is 12.8 Å². The summed E-state index contributed by atoms with van der Waals surface area (Å²) >= 11 is 0. The molecule has 1 aliphatic carbocycles. The van der Waals surface area contributed by atoms with Crippen LogP contribution in [0.3, 0.4) is 0 Å². The Hall–Kier alpha value is -1.36. The second kappa shape index (κ2) is 5.12. The Morgan fingerprint density at radius 2 is 2.31 bits per heavy atom. The highest BCUT2D eigenvalue weighted by Crippen LogP contribution is 2.24. The van der Waals surface area contributed by atoms with Gasteiger partial charge in [0.2, 0.25) is 0 Å². The molecule has 0 aromatic carbocycles. The summed E-state index contributed by atoms with van der Waals surface area (Å²) in [6.45, 7) is 0.416. The molecule has 0 saturated heterocycles. The molecule has 2 rings (SSSR count). The van der Waals surface area contributed by atoms with Crippen molar-refractivity contribution in [3.8, 4) is 0 Å². The first-order valence-corrected chi connectivity index (χ1v) is 5.74. The molecule has 1 aliphatic rings. The molecule has 0 atom stereocenters. The van der Waals surface area contributed by atoms with Crippen LogP contribution >= 0.6 is 0 Å². The quantitative estimate of drug-likeness (QED) is 0.792. The van der Waals surface area contributed by atoms with Crippen molar-refractivity contribution >= 4 is 5.91 Å². The lowest BCUT2D eigenvalue weighted by Gasteiger charge is -2.27. The number of nitrogens with one attached hydrogen (secondary N) is 1. The van der Waals surface area contributed by atoms with Gasteiger partial charge in [0.05, 0.1) is 6.61 Å². The minimum Gasteiger partial charge on any atom is -0.395 e. The first kappa shape index (κ1) is 11.1. The Labute approximate surface area is 94.5 Å². The molecular formula is C11H17N3O2. The van der Waals surface area contributed by atoms with Crippen LogP contribution in [0.1, 0.15) is 36.2 Å². The summed E-state index contributed by atoms with van der Waals surface area (Å²) in [5, 5.41) is 15.5. The average Bonchev–Trinajstić information content (AvgIpc) is 2.96. The largest absolute Gasteiger partial charge is 0.395 e. The molecule has 1 saturated carbocycles. The SMILES string of the molecule is O=C(c1ccn[nH]1)N(CCO)C1CCCC1. The normalized spacial score (nSPS) is 16.6. The van der Waals surface area contributed by atoms with E-state index in [4.69, 9.17) is 5.11 Å². The van der Waals surface area contributed by atoms with Gasteiger partial charge < -0.3 is 10.0 Å². The third-order valence-electron chi connectivity index (χ3n) is 3.10. The van der Waals surface area contributed by atoms with Crippen molar-refractivity contribution in [3.63, 3.8) is 0 Å². The van der Waals surface area contributed by atoms with Crippen molar-refractivity contribution in [2.45, 2.75) is 31.7 Å². The highest BCUT2D eigenvalue weighted by molar-refractivity contribution is 5.92. The summed E-state index contributed by atoms with van der Waals surface area (Å²) in [4.78, 5) is 13.9. The van der Waals surface area contributed by atoms with E-state index in [1.165, 1.54) is 12.8 Å². The number of H-pyrrole nitrogens is 1. The number of carbonyl (C=O) groups is 1. The highest BCUT2D eigenvalue weighted by atomic mass is 16.3. The molecule has 1 heterocycles. The van der Waals surface area contributed by atoms with Crippen LogP contribution in [0.5, 0.6) is 0 Å². The predicted molar refractivity (Wildman–Crippen MR) is 59.0 cm³/mol. The minimum atomic E-state index is -0.0570. The number of aromatic amines is 1. The molecule has 1 amide bonds. The topological polar surface area (TPSA) is 69.2 Å². The van der Waals surface area contributed by atoms with E-state index in [1.54, 1.807) is 17.2 Å². The first-order valence-electron chi connectivity index (χ1n) is 5.74.